The fourth-order valence-electron chi connectivity index (χ4n) is 5.09. The van der Waals surface area contributed by atoms with E-state index in [0.29, 0.717) is 18.1 Å². The van der Waals surface area contributed by atoms with E-state index in [9.17, 15) is 9.59 Å². The number of carbonyl (C=O) groups is 2. The molecule has 0 atom stereocenters. The molecule has 3 aliphatic rings. The van der Waals surface area contributed by atoms with Crippen molar-refractivity contribution in [2.45, 2.75) is 44.9 Å². The molecule has 5 rings (SSSR count). The summed E-state index contributed by atoms with van der Waals surface area (Å²) in [6, 6.07) is 8.59. The van der Waals surface area contributed by atoms with Crippen LogP contribution in [0, 0.1) is 5.92 Å². The third kappa shape index (κ3) is 4.98. The van der Waals surface area contributed by atoms with E-state index in [2.05, 4.69) is 49.6 Å². The predicted molar refractivity (Wildman–Crippen MR) is 131 cm³/mol. The molecule has 1 aromatic heterocycles. The molecule has 4 heterocycles. The van der Waals surface area contributed by atoms with Crippen LogP contribution in [0.15, 0.2) is 24.3 Å². The van der Waals surface area contributed by atoms with Gasteiger partial charge in [-0.1, -0.05) is 29.5 Å². The van der Waals surface area contributed by atoms with Crippen LogP contribution in [0.4, 0.5) is 16.0 Å². The molecule has 33 heavy (non-hydrogen) atoms. The van der Waals surface area contributed by atoms with E-state index >= 15 is 0 Å². The molecule has 0 radical (unpaired) electrons. The summed E-state index contributed by atoms with van der Waals surface area (Å²) in [6.07, 6.45) is 6.52. The summed E-state index contributed by atoms with van der Waals surface area (Å²) in [7, 11) is 0. The second-order valence-electron chi connectivity index (χ2n) is 9.14. The van der Waals surface area contributed by atoms with E-state index in [1.807, 2.05) is 0 Å². The first-order chi connectivity index (χ1) is 16.2. The lowest BCUT2D eigenvalue weighted by atomic mass is 9.96. The molecule has 176 valence electrons. The highest BCUT2D eigenvalue weighted by Crippen LogP contribution is 2.32. The second-order valence-corrected chi connectivity index (χ2v) is 10.1. The van der Waals surface area contributed by atoms with Crippen molar-refractivity contribution in [1.29, 1.82) is 0 Å². The molecule has 2 fully saturated rings. The number of anilines is 3. The average Bonchev–Trinajstić information content (AvgIpc) is 3.34. The van der Waals surface area contributed by atoms with Gasteiger partial charge in [-0.15, -0.1) is 10.2 Å². The Morgan fingerprint density at radius 3 is 2.67 bits per heavy atom. The van der Waals surface area contributed by atoms with Crippen molar-refractivity contribution in [3.05, 3.63) is 29.8 Å². The Kier molecular flexibility index (Phi) is 6.75. The zero-order valence-electron chi connectivity index (χ0n) is 19.0. The van der Waals surface area contributed by atoms with Crippen LogP contribution in [-0.4, -0.2) is 61.3 Å². The molecule has 2 amide bonds. The maximum absolute atomic E-state index is 12.8. The molecule has 1 aromatic carbocycles. The highest BCUT2D eigenvalue weighted by atomic mass is 32.1. The highest BCUT2D eigenvalue weighted by Gasteiger charge is 2.28. The molecule has 2 saturated heterocycles. The first kappa shape index (κ1) is 22.1. The van der Waals surface area contributed by atoms with Crippen LogP contribution in [0.25, 0.3) is 0 Å². The van der Waals surface area contributed by atoms with E-state index in [1.165, 1.54) is 29.0 Å². The minimum absolute atomic E-state index is 0.0472. The van der Waals surface area contributed by atoms with Gasteiger partial charge in [0.1, 0.15) is 0 Å². The van der Waals surface area contributed by atoms with E-state index < -0.39 is 0 Å². The Labute approximate surface area is 199 Å². The number of carbonyl (C=O) groups excluding carboxylic acids is 2. The number of rotatable bonds is 6. The Morgan fingerprint density at radius 2 is 1.82 bits per heavy atom. The van der Waals surface area contributed by atoms with Crippen LogP contribution in [0.5, 0.6) is 0 Å². The van der Waals surface area contributed by atoms with Gasteiger partial charge in [0, 0.05) is 57.3 Å². The first-order valence-corrected chi connectivity index (χ1v) is 13.0. The highest BCUT2D eigenvalue weighted by molar-refractivity contribution is 7.19. The van der Waals surface area contributed by atoms with E-state index in [1.54, 1.807) is 4.90 Å². The number of benzene rings is 1. The van der Waals surface area contributed by atoms with Gasteiger partial charge in [0.25, 0.3) is 0 Å². The molecular weight excluding hydrogens is 436 g/mol. The summed E-state index contributed by atoms with van der Waals surface area (Å²) < 4.78 is 0. The van der Waals surface area contributed by atoms with Crippen LogP contribution in [0.2, 0.25) is 0 Å². The van der Waals surface area contributed by atoms with Crippen LogP contribution >= 0.6 is 11.3 Å². The Hall–Kier alpha value is -2.68. The number of aryl methyl sites for hydroxylation is 1. The van der Waals surface area contributed by atoms with E-state index in [0.717, 1.165) is 70.0 Å². The minimum atomic E-state index is 0.0472. The van der Waals surface area contributed by atoms with Gasteiger partial charge in [-0.05, 0) is 50.2 Å². The number of aromatic nitrogens is 2. The topological polar surface area (TPSA) is 81.7 Å². The molecule has 1 N–H and O–H groups in total. The SMILES string of the molecule is O=C(NCCN1CCCc2ccccc21)C1CCN(c2nnc(N3CCCCC3=O)s2)CC1. The van der Waals surface area contributed by atoms with Crippen molar-refractivity contribution in [3.8, 4) is 0 Å². The summed E-state index contributed by atoms with van der Waals surface area (Å²) in [5.74, 6) is 0.357. The number of nitrogens with zero attached hydrogens (tertiary/aromatic N) is 5. The summed E-state index contributed by atoms with van der Waals surface area (Å²) in [6.45, 7) is 4.90. The number of nitrogens with one attached hydrogen (secondary N) is 1. The van der Waals surface area contributed by atoms with Gasteiger partial charge >= 0.3 is 0 Å². The zero-order chi connectivity index (χ0) is 22.6. The van der Waals surface area contributed by atoms with Crippen molar-refractivity contribution in [2.75, 3.05) is 54.0 Å². The fourth-order valence-corrected chi connectivity index (χ4v) is 6.03. The monoisotopic (exact) mass is 468 g/mol. The number of piperidine rings is 2. The third-order valence-electron chi connectivity index (χ3n) is 6.98. The molecule has 8 nitrogen and oxygen atoms in total. The summed E-state index contributed by atoms with van der Waals surface area (Å²) in [5, 5.41) is 13.3. The third-order valence-corrected chi connectivity index (χ3v) is 7.99. The molecule has 0 saturated carbocycles. The van der Waals surface area contributed by atoms with Crippen molar-refractivity contribution in [1.82, 2.24) is 15.5 Å². The number of hydrogen-bond acceptors (Lipinski definition) is 7. The van der Waals surface area contributed by atoms with E-state index in [4.69, 9.17) is 0 Å². The van der Waals surface area contributed by atoms with Gasteiger partial charge in [-0.3, -0.25) is 14.5 Å². The van der Waals surface area contributed by atoms with Crippen molar-refractivity contribution in [2.24, 2.45) is 5.92 Å². The first-order valence-electron chi connectivity index (χ1n) is 12.2. The largest absolute Gasteiger partial charge is 0.370 e. The van der Waals surface area contributed by atoms with Gasteiger partial charge in [-0.25, -0.2) is 0 Å². The molecule has 0 spiro atoms. The zero-order valence-corrected chi connectivity index (χ0v) is 19.9. The van der Waals surface area contributed by atoms with Crippen LogP contribution in [0.1, 0.15) is 44.1 Å². The predicted octanol–water partition coefficient (Wildman–Crippen LogP) is 2.84. The summed E-state index contributed by atoms with van der Waals surface area (Å²) in [5.41, 5.74) is 2.72. The standard InChI is InChI=1S/C24H32N6O2S/c31-21-9-3-4-14-30(21)24-27-26-23(33-24)29-15-10-19(11-16-29)22(32)25-12-17-28-13-5-7-18-6-1-2-8-20(18)28/h1-2,6,8,19H,3-5,7,9-17H2,(H,25,32). The molecule has 3 aliphatic heterocycles. The normalized spacial score (nSPS) is 19.5. The Balaban J connectivity index is 1.08. The van der Waals surface area contributed by atoms with Gasteiger partial charge < -0.3 is 15.1 Å². The molecule has 0 unspecified atom stereocenters. The second kappa shape index (κ2) is 10.1. The molecule has 9 heteroatoms. The van der Waals surface area contributed by atoms with Crippen molar-refractivity contribution >= 4 is 39.1 Å². The lowest BCUT2D eigenvalue weighted by Gasteiger charge is -2.32. The number of amides is 2. The number of para-hydroxylation sites is 1. The number of fused-ring (bicyclic) bond motifs is 1. The van der Waals surface area contributed by atoms with Gasteiger partial charge in [0.05, 0.1) is 0 Å². The van der Waals surface area contributed by atoms with Gasteiger partial charge in [-0.2, -0.15) is 0 Å². The minimum Gasteiger partial charge on any atom is -0.370 e. The maximum Gasteiger partial charge on any atom is 0.228 e. The van der Waals surface area contributed by atoms with Gasteiger partial charge in [0.15, 0.2) is 0 Å². The average molecular weight is 469 g/mol. The fraction of sp³-hybridized carbons (Fsp3) is 0.583. The molecule has 0 aliphatic carbocycles. The molecule has 0 bridgehead atoms. The van der Waals surface area contributed by atoms with Crippen LogP contribution in [-0.2, 0) is 16.0 Å². The summed E-state index contributed by atoms with van der Waals surface area (Å²) >= 11 is 1.49. The summed E-state index contributed by atoms with van der Waals surface area (Å²) in [4.78, 5) is 31.3. The number of hydrogen-bond donors (Lipinski definition) is 1. The Morgan fingerprint density at radius 1 is 1.00 bits per heavy atom. The van der Waals surface area contributed by atoms with Crippen molar-refractivity contribution in [3.63, 3.8) is 0 Å². The molecule has 2 aromatic rings. The lowest BCUT2D eigenvalue weighted by Crippen LogP contribution is -2.43. The van der Waals surface area contributed by atoms with Crippen LogP contribution < -0.4 is 20.0 Å². The quantitative estimate of drug-likeness (QED) is 0.702. The maximum atomic E-state index is 12.8. The van der Waals surface area contributed by atoms with Gasteiger partial charge in [0.2, 0.25) is 22.1 Å². The smallest absolute Gasteiger partial charge is 0.228 e. The van der Waals surface area contributed by atoms with Crippen LogP contribution in [0.3, 0.4) is 0 Å². The molecular formula is C24H32N6O2S. The lowest BCUT2D eigenvalue weighted by molar-refractivity contribution is -0.125. The van der Waals surface area contributed by atoms with E-state index in [-0.39, 0.29) is 17.7 Å². The Bertz CT molecular complexity index is 987. The van der Waals surface area contributed by atoms with Crippen molar-refractivity contribution < 1.29 is 9.59 Å².